The third-order valence-electron chi connectivity index (χ3n) is 2.38. The maximum atomic E-state index is 12.2. The molecule has 0 aliphatic carbocycles. The van der Waals surface area contributed by atoms with Gasteiger partial charge in [-0.1, -0.05) is 0 Å². The Morgan fingerprint density at radius 3 is 2.26 bits per heavy atom. The van der Waals surface area contributed by atoms with Crippen LogP contribution in [0.5, 0.6) is 0 Å². The van der Waals surface area contributed by atoms with E-state index in [4.69, 9.17) is 10.7 Å². The predicted octanol–water partition coefficient (Wildman–Crippen LogP) is 2.52. The first-order valence-electron chi connectivity index (χ1n) is 5.91. The fraction of sp³-hybridized carbons (Fsp3) is 0.583. The zero-order chi connectivity index (χ0) is 15.0. The third-order valence-corrected chi connectivity index (χ3v) is 3.70. The van der Waals surface area contributed by atoms with E-state index in [1.54, 1.807) is 4.57 Å². The summed E-state index contributed by atoms with van der Waals surface area (Å²) in [7, 11) is 1.47. The molecule has 1 heterocycles. The Labute approximate surface area is 118 Å². The molecule has 0 bridgehead atoms. The fourth-order valence-corrected chi connectivity index (χ4v) is 2.35. The lowest BCUT2D eigenvalue weighted by molar-refractivity contribution is 0.0908. The molecule has 0 fully saturated rings. The Morgan fingerprint density at radius 1 is 1.37 bits per heavy atom. The molecule has 108 valence electrons. The quantitative estimate of drug-likeness (QED) is 0.873. The summed E-state index contributed by atoms with van der Waals surface area (Å²) in [6.07, 6.45) is 1.38. The summed E-state index contributed by atoms with van der Waals surface area (Å²) in [6, 6.07) is 1.25. The molecule has 0 saturated carbocycles. The van der Waals surface area contributed by atoms with Gasteiger partial charge in [-0.2, -0.15) is 0 Å². The van der Waals surface area contributed by atoms with Crippen molar-refractivity contribution in [3.05, 3.63) is 18.0 Å². The predicted molar refractivity (Wildman–Crippen MR) is 75.1 cm³/mol. The van der Waals surface area contributed by atoms with Crippen LogP contribution < -0.4 is 5.32 Å². The van der Waals surface area contributed by atoms with Gasteiger partial charge in [0, 0.05) is 28.5 Å². The topological polar surface area (TPSA) is 68.2 Å². The molecular weight excluding hydrogens is 288 g/mol. The smallest absolute Gasteiger partial charge is 0.268 e. The van der Waals surface area contributed by atoms with Gasteiger partial charge >= 0.3 is 0 Å². The summed E-state index contributed by atoms with van der Waals surface area (Å²) in [4.78, 5) is 12.1. The van der Waals surface area contributed by atoms with E-state index in [1.807, 2.05) is 34.6 Å². The van der Waals surface area contributed by atoms with Crippen molar-refractivity contribution in [3.8, 4) is 0 Å². The van der Waals surface area contributed by atoms with Gasteiger partial charge < -0.3 is 9.88 Å². The second-order valence-corrected chi connectivity index (χ2v) is 8.27. The maximum absolute atomic E-state index is 12.2. The van der Waals surface area contributed by atoms with Gasteiger partial charge in [0.25, 0.3) is 15.0 Å². The lowest BCUT2D eigenvalue weighted by atomic mass is 10.1. The van der Waals surface area contributed by atoms with Gasteiger partial charge in [0.15, 0.2) is 0 Å². The van der Waals surface area contributed by atoms with E-state index in [2.05, 4.69) is 5.32 Å². The van der Waals surface area contributed by atoms with Crippen LogP contribution in [0.4, 0.5) is 0 Å². The fourth-order valence-electron chi connectivity index (χ4n) is 1.60. The highest BCUT2D eigenvalue weighted by atomic mass is 35.7. The first-order valence-corrected chi connectivity index (χ1v) is 8.22. The minimum Gasteiger partial charge on any atom is -0.346 e. The van der Waals surface area contributed by atoms with E-state index in [0.29, 0.717) is 0 Å². The molecule has 0 aliphatic rings. The van der Waals surface area contributed by atoms with Gasteiger partial charge in [0.2, 0.25) is 0 Å². The van der Waals surface area contributed by atoms with Gasteiger partial charge in [-0.05, 0) is 40.7 Å². The summed E-state index contributed by atoms with van der Waals surface area (Å²) in [5.74, 6) is -0.326. The molecule has 1 rings (SSSR count). The molecular formula is C12H19ClN2O3S. The van der Waals surface area contributed by atoms with E-state index in [0.717, 1.165) is 0 Å². The average Bonchev–Trinajstić information content (AvgIpc) is 2.57. The summed E-state index contributed by atoms with van der Waals surface area (Å²) in [6.45, 7) is 9.28. The monoisotopic (exact) mass is 306 g/mol. The van der Waals surface area contributed by atoms with E-state index < -0.39 is 14.6 Å². The third kappa shape index (κ3) is 4.24. The van der Waals surface area contributed by atoms with Crippen LogP contribution in [0, 0.1) is 0 Å². The molecule has 1 aromatic heterocycles. The number of hydrogen-bond donors (Lipinski definition) is 1. The molecule has 0 aliphatic heterocycles. The molecule has 0 aromatic carbocycles. The number of amides is 1. The van der Waals surface area contributed by atoms with Gasteiger partial charge in [-0.15, -0.1) is 0 Å². The average molecular weight is 307 g/mol. The highest BCUT2D eigenvalue weighted by molar-refractivity contribution is 8.13. The molecule has 0 radical (unpaired) electrons. The Kier molecular flexibility index (Phi) is 4.37. The number of rotatable bonds is 3. The number of hydrogen-bond acceptors (Lipinski definition) is 3. The van der Waals surface area contributed by atoms with Gasteiger partial charge in [-0.3, -0.25) is 4.79 Å². The standard InChI is InChI=1S/C12H19ClN2O3S/c1-8(2)15-7-9(19(13,17)18)6-10(15)11(16)14-12(3,4)5/h6-8H,1-5H3,(H,14,16). The van der Waals surface area contributed by atoms with Crippen LogP contribution >= 0.6 is 10.7 Å². The second kappa shape index (κ2) is 5.17. The van der Waals surface area contributed by atoms with Crippen molar-refractivity contribution < 1.29 is 13.2 Å². The summed E-state index contributed by atoms with van der Waals surface area (Å²) in [5, 5.41) is 2.80. The molecule has 5 nitrogen and oxygen atoms in total. The summed E-state index contributed by atoms with van der Waals surface area (Å²) >= 11 is 0. The molecule has 1 amide bonds. The molecule has 7 heteroatoms. The number of carbonyl (C=O) groups excluding carboxylic acids is 1. The molecule has 0 saturated heterocycles. The minimum absolute atomic E-state index is 0.0483. The zero-order valence-electron chi connectivity index (χ0n) is 11.7. The van der Waals surface area contributed by atoms with Crippen molar-refractivity contribution in [2.24, 2.45) is 0 Å². The highest BCUT2D eigenvalue weighted by Crippen LogP contribution is 2.22. The van der Waals surface area contributed by atoms with Gasteiger partial charge in [-0.25, -0.2) is 8.42 Å². The SMILES string of the molecule is CC(C)n1cc(S(=O)(=O)Cl)cc1C(=O)NC(C)(C)C. The van der Waals surface area contributed by atoms with Crippen LogP contribution in [-0.2, 0) is 9.05 Å². The summed E-state index contributed by atoms with van der Waals surface area (Å²) < 4.78 is 24.3. The lowest BCUT2D eigenvalue weighted by Crippen LogP contribution is -2.41. The minimum atomic E-state index is -3.84. The normalized spacial score (nSPS) is 12.8. The van der Waals surface area contributed by atoms with Crippen LogP contribution in [-0.4, -0.2) is 24.4 Å². The maximum Gasteiger partial charge on any atom is 0.268 e. The number of halogens is 1. The van der Waals surface area contributed by atoms with E-state index in [1.165, 1.54) is 12.3 Å². The van der Waals surface area contributed by atoms with E-state index in [-0.39, 0.29) is 22.5 Å². The van der Waals surface area contributed by atoms with Crippen LogP contribution in [0.15, 0.2) is 17.2 Å². The highest BCUT2D eigenvalue weighted by Gasteiger charge is 2.23. The van der Waals surface area contributed by atoms with Crippen molar-refractivity contribution in [2.75, 3.05) is 0 Å². The number of aromatic nitrogens is 1. The molecule has 1 aromatic rings. The van der Waals surface area contributed by atoms with Gasteiger partial charge in [0.1, 0.15) is 10.6 Å². The zero-order valence-corrected chi connectivity index (χ0v) is 13.3. The van der Waals surface area contributed by atoms with Crippen LogP contribution in [0.25, 0.3) is 0 Å². The van der Waals surface area contributed by atoms with Crippen molar-refractivity contribution in [3.63, 3.8) is 0 Å². The number of nitrogens with zero attached hydrogens (tertiary/aromatic N) is 1. The Morgan fingerprint density at radius 2 is 1.89 bits per heavy atom. The first-order chi connectivity index (χ1) is 8.42. The largest absolute Gasteiger partial charge is 0.346 e. The summed E-state index contributed by atoms with van der Waals surface area (Å²) in [5.41, 5.74) is -0.118. The number of nitrogens with one attached hydrogen (secondary N) is 1. The van der Waals surface area contributed by atoms with Crippen LogP contribution in [0.2, 0.25) is 0 Å². The van der Waals surface area contributed by atoms with E-state index in [9.17, 15) is 13.2 Å². The van der Waals surface area contributed by atoms with Gasteiger partial charge in [0.05, 0.1) is 0 Å². The Balaban J connectivity index is 3.27. The molecule has 0 unspecified atom stereocenters. The molecule has 0 atom stereocenters. The molecule has 19 heavy (non-hydrogen) atoms. The second-order valence-electron chi connectivity index (χ2n) is 5.70. The lowest BCUT2D eigenvalue weighted by Gasteiger charge is -2.21. The number of carbonyl (C=O) groups is 1. The van der Waals surface area contributed by atoms with Crippen molar-refractivity contribution in [1.29, 1.82) is 0 Å². The molecule has 0 spiro atoms. The Bertz CT molecular complexity index is 583. The van der Waals surface area contributed by atoms with Crippen molar-refractivity contribution >= 4 is 25.6 Å². The van der Waals surface area contributed by atoms with Crippen molar-refractivity contribution in [2.45, 2.75) is 51.1 Å². The van der Waals surface area contributed by atoms with Crippen molar-refractivity contribution in [1.82, 2.24) is 9.88 Å². The Hall–Kier alpha value is -1.01. The van der Waals surface area contributed by atoms with E-state index >= 15 is 0 Å². The first kappa shape index (κ1) is 16.0. The van der Waals surface area contributed by atoms with Crippen LogP contribution in [0.3, 0.4) is 0 Å². The van der Waals surface area contributed by atoms with Crippen LogP contribution in [0.1, 0.15) is 51.1 Å². The molecule has 1 N–H and O–H groups in total.